The molecule has 1 aromatic heterocycles. The minimum Gasteiger partial charge on any atom is -0.494 e. The van der Waals surface area contributed by atoms with Crippen LogP contribution in [0.5, 0.6) is 5.88 Å². The molecular formula is C11H17N3O4. The number of rotatable bonds is 2. The van der Waals surface area contributed by atoms with Gasteiger partial charge >= 0.3 is 5.69 Å². The Balaban J connectivity index is 3.07. The highest BCUT2D eigenvalue weighted by Gasteiger charge is 2.17. The summed E-state index contributed by atoms with van der Waals surface area (Å²) in [5.74, 6) is -0.917. The van der Waals surface area contributed by atoms with Crippen LogP contribution in [0.4, 0.5) is 0 Å². The lowest BCUT2D eigenvalue weighted by molar-refractivity contribution is -0.123. The predicted octanol–water partition coefficient (Wildman–Crippen LogP) is -0.535. The minimum atomic E-state index is -0.813. The van der Waals surface area contributed by atoms with Gasteiger partial charge in [-0.25, -0.2) is 4.79 Å². The summed E-state index contributed by atoms with van der Waals surface area (Å²) < 4.78 is 0.817. The number of carbonyl (C=O) groups is 1. The van der Waals surface area contributed by atoms with E-state index in [2.05, 4.69) is 5.32 Å². The fourth-order valence-corrected chi connectivity index (χ4v) is 1.41. The fraction of sp³-hybridized carbons (Fsp3) is 0.545. The number of H-pyrrole nitrogens is 1. The van der Waals surface area contributed by atoms with E-state index in [1.165, 1.54) is 6.92 Å². The van der Waals surface area contributed by atoms with Crippen LogP contribution in [0.1, 0.15) is 26.3 Å². The van der Waals surface area contributed by atoms with Crippen LogP contribution >= 0.6 is 0 Å². The lowest BCUT2D eigenvalue weighted by atomic mass is 10.1. The van der Waals surface area contributed by atoms with E-state index in [1.54, 1.807) is 20.8 Å². The third-order valence-corrected chi connectivity index (χ3v) is 2.21. The van der Waals surface area contributed by atoms with E-state index < -0.39 is 28.6 Å². The molecule has 100 valence electrons. The van der Waals surface area contributed by atoms with Crippen LogP contribution < -0.4 is 16.6 Å². The molecule has 0 saturated carbocycles. The van der Waals surface area contributed by atoms with Gasteiger partial charge in [-0.3, -0.25) is 19.1 Å². The summed E-state index contributed by atoms with van der Waals surface area (Å²) in [6, 6.07) is 0. The lowest BCUT2D eigenvalue weighted by Gasteiger charge is -2.21. The molecule has 7 heteroatoms. The molecule has 0 aliphatic heterocycles. The van der Waals surface area contributed by atoms with E-state index in [1.807, 2.05) is 4.98 Å². The van der Waals surface area contributed by atoms with Crippen molar-refractivity contribution in [2.24, 2.45) is 0 Å². The second-order valence-corrected chi connectivity index (χ2v) is 5.09. The van der Waals surface area contributed by atoms with Crippen molar-refractivity contribution in [1.29, 1.82) is 0 Å². The van der Waals surface area contributed by atoms with E-state index in [0.29, 0.717) is 0 Å². The SMILES string of the molecule is Cc1c(O)n(CC(=O)NC(C)(C)C)c(=O)[nH]c1=O. The first-order valence-electron chi connectivity index (χ1n) is 5.45. The normalized spacial score (nSPS) is 11.3. The maximum atomic E-state index is 11.7. The highest BCUT2D eigenvalue weighted by atomic mass is 16.3. The highest BCUT2D eigenvalue weighted by molar-refractivity contribution is 5.76. The number of hydrogen-bond acceptors (Lipinski definition) is 4. The van der Waals surface area contributed by atoms with Gasteiger partial charge in [-0.15, -0.1) is 0 Å². The number of nitrogens with zero attached hydrogens (tertiary/aromatic N) is 1. The van der Waals surface area contributed by atoms with E-state index in [0.717, 1.165) is 4.57 Å². The first kappa shape index (κ1) is 14.0. The Labute approximate surface area is 103 Å². The number of aromatic hydroxyl groups is 1. The maximum absolute atomic E-state index is 11.7. The molecule has 0 atom stereocenters. The average Bonchev–Trinajstić information content (AvgIpc) is 2.19. The van der Waals surface area contributed by atoms with Crippen molar-refractivity contribution >= 4 is 5.91 Å². The van der Waals surface area contributed by atoms with Gasteiger partial charge in [0.05, 0.1) is 5.56 Å². The highest BCUT2D eigenvalue weighted by Crippen LogP contribution is 2.08. The second-order valence-electron chi connectivity index (χ2n) is 5.09. The van der Waals surface area contributed by atoms with Gasteiger partial charge in [0.15, 0.2) is 0 Å². The van der Waals surface area contributed by atoms with E-state index >= 15 is 0 Å². The molecule has 0 aliphatic rings. The Bertz CT molecular complexity index is 577. The molecule has 0 aromatic carbocycles. The zero-order chi connectivity index (χ0) is 14.1. The zero-order valence-corrected chi connectivity index (χ0v) is 10.8. The summed E-state index contributed by atoms with van der Waals surface area (Å²) in [5, 5.41) is 12.3. The smallest absolute Gasteiger partial charge is 0.331 e. The van der Waals surface area contributed by atoms with Gasteiger partial charge in [-0.05, 0) is 27.7 Å². The quantitative estimate of drug-likeness (QED) is 0.660. The monoisotopic (exact) mass is 255 g/mol. The van der Waals surface area contributed by atoms with Crippen LogP contribution in [0.2, 0.25) is 0 Å². The Morgan fingerprint density at radius 1 is 1.39 bits per heavy atom. The molecule has 1 heterocycles. The van der Waals surface area contributed by atoms with Crippen LogP contribution in [-0.4, -0.2) is 26.1 Å². The van der Waals surface area contributed by atoms with E-state index in [-0.39, 0.29) is 12.1 Å². The van der Waals surface area contributed by atoms with Gasteiger partial charge in [0.2, 0.25) is 11.8 Å². The first-order chi connectivity index (χ1) is 8.11. The molecule has 1 aromatic rings. The van der Waals surface area contributed by atoms with Gasteiger partial charge < -0.3 is 10.4 Å². The van der Waals surface area contributed by atoms with Gasteiger partial charge in [0, 0.05) is 5.54 Å². The number of aromatic nitrogens is 2. The largest absolute Gasteiger partial charge is 0.494 e. The van der Waals surface area contributed by atoms with Crippen molar-refractivity contribution < 1.29 is 9.90 Å². The summed E-state index contributed by atoms with van der Waals surface area (Å²) >= 11 is 0. The number of aromatic amines is 1. The molecule has 0 fully saturated rings. The Morgan fingerprint density at radius 2 is 1.94 bits per heavy atom. The molecule has 0 bridgehead atoms. The van der Waals surface area contributed by atoms with E-state index in [4.69, 9.17) is 0 Å². The maximum Gasteiger partial charge on any atom is 0.331 e. The minimum absolute atomic E-state index is 0.00170. The lowest BCUT2D eigenvalue weighted by Crippen LogP contribution is -2.44. The summed E-state index contributed by atoms with van der Waals surface area (Å²) in [6.45, 7) is 6.41. The van der Waals surface area contributed by atoms with Crippen molar-refractivity contribution in [3.05, 3.63) is 26.4 Å². The van der Waals surface area contributed by atoms with Crippen molar-refractivity contribution in [3.8, 4) is 5.88 Å². The topological polar surface area (TPSA) is 104 Å². The summed E-state index contributed by atoms with van der Waals surface area (Å²) in [5.41, 5.74) is -1.91. The van der Waals surface area contributed by atoms with Crippen molar-refractivity contribution in [3.63, 3.8) is 0 Å². The number of nitrogens with one attached hydrogen (secondary N) is 2. The van der Waals surface area contributed by atoms with Gasteiger partial charge in [0.1, 0.15) is 6.54 Å². The third-order valence-electron chi connectivity index (χ3n) is 2.21. The number of amides is 1. The van der Waals surface area contributed by atoms with Crippen molar-refractivity contribution in [1.82, 2.24) is 14.9 Å². The third kappa shape index (κ3) is 3.22. The molecule has 0 radical (unpaired) electrons. The van der Waals surface area contributed by atoms with E-state index in [9.17, 15) is 19.5 Å². The Hall–Kier alpha value is -2.05. The molecule has 0 saturated heterocycles. The molecular weight excluding hydrogens is 238 g/mol. The van der Waals surface area contributed by atoms with Gasteiger partial charge in [-0.1, -0.05) is 0 Å². The molecule has 7 nitrogen and oxygen atoms in total. The van der Waals surface area contributed by atoms with Crippen molar-refractivity contribution in [2.75, 3.05) is 0 Å². The first-order valence-corrected chi connectivity index (χ1v) is 5.45. The molecule has 0 aliphatic carbocycles. The molecule has 1 amide bonds. The number of hydrogen-bond donors (Lipinski definition) is 3. The van der Waals surface area contributed by atoms with Crippen LogP contribution in [0, 0.1) is 6.92 Å². The molecule has 1 rings (SSSR count). The summed E-state index contributed by atoms with van der Waals surface area (Å²) in [4.78, 5) is 36.4. The van der Waals surface area contributed by atoms with Gasteiger partial charge in [-0.2, -0.15) is 0 Å². The van der Waals surface area contributed by atoms with Crippen LogP contribution in [-0.2, 0) is 11.3 Å². The molecule has 0 spiro atoms. The van der Waals surface area contributed by atoms with Crippen LogP contribution in [0.15, 0.2) is 9.59 Å². The van der Waals surface area contributed by atoms with Crippen molar-refractivity contribution in [2.45, 2.75) is 39.8 Å². The zero-order valence-electron chi connectivity index (χ0n) is 10.8. The van der Waals surface area contributed by atoms with Crippen LogP contribution in [0.25, 0.3) is 0 Å². The standard InChI is InChI=1S/C11H17N3O4/c1-6-8(16)12-10(18)14(9(6)17)5-7(15)13-11(2,3)4/h17H,5H2,1-4H3,(H,13,15)(H,12,16,18). The Kier molecular flexibility index (Phi) is 3.64. The van der Waals surface area contributed by atoms with Crippen LogP contribution in [0.3, 0.4) is 0 Å². The summed E-state index contributed by atoms with van der Waals surface area (Å²) in [6.07, 6.45) is 0. The molecule has 3 N–H and O–H groups in total. The summed E-state index contributed by atoms with van der Waals surface area (Å²) in [7, 11) is 0. The number of carbonyl (C=O) groups excluding carboxylic acids is 1. The fourth-order valence-electron chi connectivity index (χ4n) is 1.41. The molecule has 18 heavy (non-hydrogen) atoms. The Morgan fingerprint density at radius 3 is 2.44 bits per heavy atom. The van der Waals surface area contributed by atoms with Gasteiger partial charge in [0.25, 0.3) is 5.56 Å². The second kappa shape index (κ2) is 4.67. The predicted molar refractivity (Wildman–Crippen MR) is 65.6 cm³/mol. The average molecular weight is 255 g/mol. The molecule has 0 unspecified atom stereocenters.